The number of carbonyl (C=O) groups is 2. The van der Waals surface area contributed by atoms with E-state index in [-0.39, 0.29) is 17.5 Å². The van der Waals surface area contributed by atoms with E-state index in [4.69, 9.17) is 0 Å². The summed E-state index contributed by atoms with van der Waals surface area (Å²) >= 11 is 1.62. The minimum Gasteiger partial charge on any atom is -0.321 e. The smallest absolute Gasteiger partial charge is 0.276 e. The maximum Gasteiger partial charge on any atom is 0.276 e. The van der Waals surface area contributed by atoms with Gasteiger partial charge in [-0.3, -0.25) is 9.59 Å². The number of nitrogens with zero attached hydrogens (tertiary/aromatic N) is 3. The van der Waals surface area contributed by atoms with Crippen molar-refractivity contribution in [1.82, 2.24) is 4.98 Å². The fourth-order valence-corrected chi connectivity index (χ4v) is 3.85. The third-order valence-electron chi connectivity index (χ3n) is 4.19. The van der Waals surface area contributed by atoms with Gasteiger partial charge in [0.25, 0.3) is 11.8 Å². The minimum atomic E-state index is -0.532. The standard InChI is InChI=1S/C19H16N4O2S/c1-10(2)19-21-14-8-7-11(9-15(14)26-19)20-18(25)16-12-5-3-4-6-13(12)17(24)23-22-16/h3-10,13H,1-2H3,(H,20,25). The van der Waals surface area contributed by atoms with Crippen LogP contribution in [0, 0.1) is 5.92 Å². The second-order valence-corrected chi connectivity index (χ2v) is 7.47. The summed E-state index contributed by atoms with van der Waals surface area (Å²) in [6, 6.07) is 5.61. The van der Waals surface area contributed by atoms with Crippen LogP contribution >= 0.6 is 11.3 Å². The Bertz CT molecular complexity index is 1040. The van der Waals surface area contributed by atoms with Crippen molar-refractivity contribution in [3.05, 3.63) is 58.8 Å². The molecule has 2 amide bonds. The zero-order chi connectivity index (χ0) is 18.3. The second-order valence-electron chi connectivity index (χ2n) is 6.41. The second kappa shape index (κ2) is 6.42. The fraction of sp³-hybridized carbons (Fsp3) is 0.211. The van der Waals surface area contributed by atoms with Gasteiger partial charge in [0.2, 0.25) is 0 Å². The molecule has 0 saturated heterocycles. The normalized spacial score (nSPS) is 18.7. The molecular weight excluding hydrogens is 348 g/mol. The average Bonchev–Trinajstić information content (AvgIpc) is 3.06. The number of rotatable bonds is 3. The zero-order valence-corrected chi connectivity index (χ0v) is 15.1. The first-order valence-corrected chi connectivity index (χ1v) is 9.11. The number of hydrogen-bond donors (Lipinski definition) is 1. The predicted molar refractivity (Wildman–Crippen MR) is 101 cm³/mol. The number of fused-ring (bicyclic) bond motifs is 2. The molecule has 1 atom stereocenters. The number of thiazole rings is 1. The Kier molecular flexibility index (Phi) is 4.08. The lowest BCUT2D eigenvalue weighted by atomic mass is 9.91. The van der Waals surface area contributed by atoms with Gasteiger partial charge in [-0.1, -0.05) is 38.2 Å². The number of nitrogens with one attached hydrogen (secondary N) is 1. The Morgan fingerprint density at radius 2 is 2.08 bits per heavy atom. The third kappa shape index (κ3) is 2.90. The molecule has 1 aliphatic carbocycles. The molecule has 1 aliphatic heterocycles. The Hall–Kier alpha value is -2.93. The van der Waals surface area contributed by atoms with Gasteiger partial charge in [-0.25, -0.2) is 4.98 Å². The first kappa shape index (κ1) is 16.5. The molecule has 2 aromatic rings. The first-order valence-electron chi connectivity index (χ1n) is 8.29. The molecule has 26 heavy (non-hydrogen) atoms. The lowest BCUT2D eigenvalue weighted by Crippen LogP contribution is -2.23. The van der Waals surface area contributed by atoms with Crippen molar-refractivity contribution >= 4 is 39.1 Å². The van der Waals surface area contributed by atoms with Crippen LogP contribution in [0.3, 0.4) is 0 Å². The van der Waals surface area contributed by atoms with Gasteiger partial charge in [0.05, 0.1) is 21.1 Å². The molecular formula is C19H16N4O2S. The van der Waals surface area contributed by atoms with Crippen LogP contribution in [-0.2, 0) is 9.59 Å². The largest absolute Gasteiger partial charge is 0.321 e. The van der Waals surface area contributed by atoms with Crippen molar-refractivity contribution in [3.8, 4) is 0 Å². The molecule has 1 aromatic heterocycles. The van der Waals surface area contributed by atoms with Crippen molar-refractivity contribution < 1.29 is 9.59 Å². The van der Waals surface area contributed by atoms with Gasteiger partial charge < -0.3 is 5.32 Å². The zero-order valence-electron chi connectivity index (χ0n) is 14.3. The molecule has 1 unspecified atom stereocenters. The Labute approximate surface area is 154 Å². The molecule has 0 fully saturated rings. The van der Waals surface area contributed by atoms with Gasteiger partial charge in [-0.2, -0.15) is 0 Å². The molecule has 0 saturated carbocycles. The molecule has 4 rings (SSSR count). The minimum absolute atomic E-state index is 0.169. The quantitative estimate of drug-likeness (QED) is 0.879. The summed E-state index contributed by atoms with van der Waals surface area (Å²) in [5.74, 6) is -0.907. The number of hydrogen-bond acceptors (Lipinski definition) is 5. The SMILES string of the molecule is CC(C)c1nc2ccc(NC(=O)C3=C4C=CC=CC4C(=O)N=N3)cc2s1. The number of azo groups is 1. The monoisotopic (exact) mass is 364 g/mol. The summed E-state index contributed by atoms with van der Waals surface area (Å²) in [5.41, 5.74) is 2.32. The molecule has 6 nitrogen and oxygen atoms in total. The summed E-state index contributed by atoms with van der Waals surface area (Å²) in [5, 5.41) is 11.3. The topological polar surface area (TPSA) is 83.8 Å². The molecule has 2 aliphatic rings. The molecule has 1 N–H and O–H groups in total. The highest BCUT2D eigenvalue weighted by Crippen LogP contribution is 2.31. The van der Waals surface area contributed by atoms with Crippen molar-refractivity contribution in [1.29, 1.82) is 0 Å². The van der Waals surface area contributed by atoms with Gasteiger partial charge in [-0.05, 0) is 18.2 Å². The van der Waals surface area contributed by atoms with Gasteiger partial charge in [0.1, 0.15) is 0 Å². The van der Waals surface area contributed by atoms with Crippen LogP contribution in [0.1, 0.15) is 24.8 Å². The molecule has 0 radical (unpaired) electrons. The molecule has 0 spiro atoms. The molecule has 1 aromatic carbocycles. The number of carbonyl (C=O) groups excluding carboxylic acids is 2. The van der Waals surface area contributed by atoms with Crippen molar-refractivity contribution in [2.24, 2.45) is 16.1 Å². The van der Waals surface area contributed by atoms with E-state index in [9.17, 15) is 9.59 Å². The molecule has 2 heterocycles. The average molecular weight is 364 g/mol. The van der Waals surface area contributed by atoms with Crippen molar-refractivity contribution in [2.75, 3.05) is 5.32 Å². The molecule has 0 bridgehead atoms. The van der Waals surface area contributed by atoms with E-state index < -0.39 is 5.92 Å². The summed E-state index contributed by atoms with van der Waals surface area (Å²) in [6.07, 6.45) is 7.01. The van der Waals surface area contributed by atoms with Gasteiger partial charge in [-0.15, -0.1) is 21.6 Å². The number of amides is 2. The van der Waals surface area contributed by atoms with E-state index >= 15 is 0 Å². The highest BCUT2D eigenvalue weighted by molar-refractivity contribution is 7.18. The number of allylic oxidation sites excluding steroid dienone is 3. The van der Waals surface area contributed by atoms with E-state index in [2.05, 4.69) is 34.4 Å². The third-order valence-corrected chi connectivity index (χ3v) is 5.50. The van der Waals surface area contributed by atoms with Crippen LogP contribution in [0.5, 0.6) is 0 Å². The lowest BCUT2D eigenvalue weighted by molar-refractivity contribution is -0.120. The Morgan fingerprint density at radius 1 is 1.23 bits per heavy atom. The maximum absolute atomic E-state index is 12.7. The van der Waals surface area contributed by atoms with E-state index in [0.29, 0.717) is 17.2 Å². The summed E-state index contributed by atoms with van der Waals surface area (Å²) in [7, 11) is 0. The number of anilines is 1. The van der Waals surface area contributed by atoms with E-state index in [0.717, 1.165) is 15.2 Å². The Balaban J connectivity index is 1.63. The van der Waals surface area contributed by atoms with Crippen molar-refractivity contribution in [2.45, 2.75) is 19.8 Å². The fourth-order valence-electron chi connectivity index (χ4n) is 2.84. The predicted octanol–water partition coefficient (Wildman–Crippen LogP) is 4.35. The van der Waals surface area contributed by atoms with E-state index in [1.807, 2.05) is 18.2 Å². The highest BCUT2D eigenvalue weighted by Gasteiger charge is 2.30. The summed E-state index contributed by atoms with van der Waals surface area (Å²) in [6.45, 7) is 4.21. The van der Waals surface area contributed by atoms with Gasteiger partial charge in [0.15, 0.2) is 5.70 Å². The number of aromatic nitrogens is 1. The van der Waals surface area contributed by atoms with Gasteiger partial charge >= 0.3 is 0 Å². The van der Waals surface area contributed by atoms with E-state index in [1.54, 1.807) is 35.6 Å². The van der Waals surface area contributed by atoms with Crippen LogP contribution in [0.4, 0.5) is 5.69 Å². The van der Waals surface area contributed by atoms with E-state index in [1.165, 1.54) is 0 Å². The lowest BCUT2D eigenvalue weighted by Gasteiger charge is -2.18. The molecule has 130 valence electrons. The maximum atomic E-state index is 12.7. The molecule has 7 heteroatoms. The van der Waals surface area contributed by atoms with Crippen LogP contribution in [-0.4, -0.2) is 16.8 Å². The summed E-state index contributed by atoms with van der Waals surface area (Å²) < 4.78 is 1.02. The van der Waals surface area contributed by atoms with Crippen molar-refractivity contribution in [3.63, 3.8) is 0 Å². The van der Waals surface area contributed by atoms with Crippen LogP contribution < -0.4 is 5.32 Å². The Morgan fingerprint density at radius 3 is 2.88 bits per heavy atom. The van der Waals surface area contributed by atoms with Crippen LogP contribution in [0.25, 0.3) is 10.2 Å². The van der Waals surface area contributed by atoms with Gasteiger partial charge in [0, 0.05) is 17.2 Å². The first-order chi connectivity index (χ1) is 12.5. The summed E-state index contributed by atoms with van der Waals surface area (Å²) in [4.78, 5) is 29.1. The van der Waals surface area contributed by atoms with Crippen LogP contribution in [0.2, 0.25) is 0 Å². The highest BCUT2D eigenvalue weighted by atomic mass is 32.1. The number of benzene rings is 1. The van der Waals surface area contributed by atoms with Crippen LogP contribution in [0.15, 0.2) is 64.0 Å².